The Bertz CT molecular complexity index is 241. The van der Waals surface area contributed by atoms with E-state index in [1.54, 1.807) is 0 Å². The summed E-state index contributed by atoms with van der Waals surface area (Å²) in [4.78, 5) is 11.6. The number of rotatable bonds is 4. The van der Waals surface area contributed by atoms with E-state index in [0.717, 1.165) is 0 Å². The minimum Gasteiger partial charge on any atom is -0.387 e. The Morgan fingerprint density at radius 1 is 1.25 bits per heavy atom. The zero-order valence-corrected chi connectivity index (χ0v) is 9.37. The predicted octanol–water partition coefficient (Wildman–Crippen LogP) is -1.19. The fourth-order valence-corrected chi connectivity index (χ4v) is 1.70. The molecule has 1 aliphatic heterocycles. The number of aliphatic hydroxyl groups excluding tert-OH is 3. The Kier molecular flexibility index (Phi) is 4.82. The lowest BCUT2D eigenvalue weighted by Gasteiger charge is -2.39. The lowest BCUT2D eigenvalue weighted by molar-refractivity contribution is -0.283. The summed E-state index contributed by atoms with van der Waals surface area (Å²) in [7, 11) is 1.29. The number of carbonyl (C=O) groups excluding carboxylic acids is 1. The summed E-state index contributed by atoms with van der Waals surface area (Å²) in [5.74, 6) is -0.303. The van der Waals surface area contributed by atoms with Crippen molar-refractivity contribution in [2.75, 3.05) is 7.11 Å². The zero-order chi connectivity index (χ0) is 12.3. The summed E-state index contributed by atoms with van der Waals surface area (Å²) >= 11 is 0. The highest BCUT2D eigenvalue weighted by Crippen LogP contribution is 2.23. The summed E-state index contributed by atoms with van der Waals surface area (Å²) in [5.41, 5.74) is 0. The van der Waals surface area contributed by atoms with Gasteiger partial charge in [0.2, 0.25) is 0 Å². The predicted molar refractivity (Wildman–Crippen MR) is 53.6 cm³/mol. The maximum absolute atomic E-state index is 11.6. The van der Waals surface area contributed by atoms with Crippen LogP contribution in [0.5, 0.6) is 0 Å². The largest absolute Gasteiger partial charge is 0.387 e. The molecule has 1 aliphatic rings. The van der Waals surface area contributed by atoms with E-state index in [1.165, 1.54) is 7.11 Å². The van der Waals surface area contributed by atoms with Gasteiger partial charge in [0.05, 0.1) is 0 Å². The standard InChI is InChI=1S/C10H18O6/c1-3-4-5(11)9-7(13)6(12)8(14)10(15-2)16-9/h6-10,12-14H,3-4H2,1-2H3/t6-,7+,8+,9+,10?/m0/s1. The van der Waals surface area contributed by atoms with Crippen LogP contribution in [0.2, 0.25) is 0 Å². The van der Waals surface area contributed by atoms with Crippen LogP contribution in [0.15, 0.2) is 0 Å². The van der Waals surface area contributed by atoms with Gasteiger partial charge in [-0.15, -0.1) is 0 Å². The SMILES string of the molecule is CCCC(=O)[C@H]1OC(OC)[C@H](O)[C@@H](O)[C@H]1O. The number of hydrogen-bond donors (Lipinski definition) is 3. The number of hydrogen-bond acceptors (Lipinski definition) is 6. The van der Waals surface area contributed by atoms with Gasteiger partial charge in [0.15, 0.2) is 12.1 Å². The molecule has 94 valence electrons. The maximum Gasteiger partial charge on any atom is 0.186 e. The van der Waals surface area contributed by atoms with Crippen LogP contribution in [0.3, 0.4) is 0 Å². The number of Topliss-reactive ketones (excluding diaryl/α,β-unsaturated/α-hetero) is 1. The smallest absolute Gasteiger partial charge is 0.186 e. The number of ketones is 1. The quantitative estimate of drug-likeness (QED) is 0.566. The van der Waals surface area contributed by atoms with Crippen LogP contribution in [0, 0.1) is 0 Å². The second-order valence-corrected chi connectivity index (χ2v) is 3.85. The fraction of sp³-hybridized carbons (Fsp3) is 0.900. The molecule has 1 saturated heterocycles. The van der Waals surface area contributed by atoms with Gasteiger partial charge in [-0.1, -0.05) is 6.92 Å². The first-order chi connectivity index (χ1) is 7.52. The molecule has 0 radical (unpaired) electrons. The summed E-state index contributed by atoms with van der Waals surface area (Å²) in [5, 5.41) is 28.6. The summed E-state index contributed by atoms with van der Waals surface area (Å²) in [6.45, 7) is 1.83. The van der Waals surface area contributed by atoms with Crippen molar-refractivity contribution < 1.29 is 29.6 Å². The Morgan fingerprint density at radius 3 is 2.38 bits per heavy atom. The van der Waals surface area contributed by atoms with E-state index in [2.05, 4.69) is 0 Å². The highest BCUT2D eigenvalue weighted by atomic mass is 16.7. The van der Waals surface area contributed by atoms with E-state index in [9.17, 15) is 20.1 Å². The van der Waals surface area contributed by atoms with Gasteiger partial charge < -0.3 is 24.8 Å². The Balaban J connectivity index is 2.74. The molecule has 0 aliphatic carbocycles. The van der Waals surface area contributed by atoms with Crippen molar-refractivity contribution in [2.45, 2.75) is 50.5 Å². The average Bonchev–Trinajstić information content (AvgIpc) is 2.27. The normalized spacial score (nSPS) is 39.7. The van der Waals surface area contributed by atoms with E-state index in [-0.39, 0.29) is 12.2 Å². The monoisotopic (exact) mass is 234 g/mol. The van der Waals surface area contributed by atoms with Gasteiger partial charge >= 0.3 is 0 Å². The molecule has 3 N–H and O–H groups in total. The minimum absolute atomic E-state index is 0.251. The number of aliphatic hydroxyl groups is 3. The third kappa shape index (κ3) is 2.58. The van der Waals surface area contributed by atoms with Crippen molar-refractivity contribution in [1.29, 1.82) is 0 Å². The van der Waals surface area contributed by atoms with Gasteiger partial charge in [0.25, 0.3) is 0 Å². The van der Waals surface area contributed by atoms with Crippen molar-refractivity contribution in [1.82, 2.24) is 0 Å². The molecule has 6 nitrogen and oxygen atoms in total. The third-order valence-corrected chi connectivity index (χ3v) is 2.62. The molecule has 0 saturated carbocycles. The second-order valence-electron chi connectivity index (χ2n) is 3.85. The molecule has 1 heterocycles. The van der Waals surface area contributed by atoms with Crippen LogP contribution in [0.25, 0.3) is 0 Å². The van der Waals surface area contributed by atoms with E-state index >= 15 is 0 Å². The first-order valence-corrected chi connectivity index (χ1v) is 5.28. The van der Waals surface area contributed by atoms with Crippen molar-refractivity contribution in [3.05, 3.63) is 0 Å². The highest BCUT2D eigenvalue weighted by Gasteiger charge is 2.46. The van der Waals surface area contributed by atoms with Gasteiger partial charge in [-0.3, -0.25) is 4.79 Å². The van der Waals surface area contributed by atoms with Gasteiger partial charge in [0.1, 0.15) is 24.4 Å². The Morgan fingerprint density at radius 2 is 1.88 bits per heavy atom. The summed E-state index contributed by atoms with van der Waals surface area (Å²) in [6.07, 6.45) is -5.56. The molecule has 1 unspecified atom stereocenters. The van der Waals surface area contributed by atoms with Crippen LogP contribution >= 0.6 is 0 Å². The molecule has 5 atom stereocenters. The van der Waals surface area contributed by atoms with Crippen molar-refractivity contribution in [3.63, 3.8) is 0 Å². The molecule has 0 bridgehead atoms. The lowest BCUT2D eigenvalue weighted by atomic mass is 9.94. The molecule has 1 rings (SSSR count). The van der Waals surface area contributed by atoms with Crippen LogP contribution < -0.4 is 0 Å². The molecule has 0 amide bonds. The van der Waals surface area contributed by atoms with Gasteiger partial charge in [0, 0.05) is 13.5 Å². The van der Waals surface area contributed by atoms with Crippen molar-refractivity contribution in [3.8, 4) is 0 Å². The van der Waals surface area contributed by atoms with Crippen LogP contribution in [0.4, 0.5) is 0 Å². The fourth-order valence-electron chi connectivity index (χ4n) is 1.70. The second kappa shape index (κ2) is 5.70. The van der Waals surface area contributed by atoms with E-state index in [4.69, 9.17) is 9.47 Å². The molecular weight excluding hydrogens is 216 g/mol. The lowest BCUT2D eigenvalue weighted by Crippen LogP contribution is -2.60. The topological polar surface area (TPSA) is 96.2 Å². The first kappa shape index (κ1) is 13.5. The highest BCUT2D eigenvalue weighted by molar-refractivity contribution is 5.83. The van der Waals surface area contributed by atoms with Crippen molar-refractivity contribution in [2.24, 2.45) is 0 Å². The molecule has 0 spiro atoms. The van der Waals surface area contributed by atoms with Crippen LogP contribution in [-0.2, 0) is 14.3 Å². The molecular formula is C10H18O6. The Labute approximate surface area is 93.8 Å². The maximum atomic E-state index is 11.6. The van der Waals surface area contributed by atoms with Crippen molar-refractivity contribution >= 4 is 5.78 Å². The van der Waals surface area contributed by atoms with Gasteiger partial charge in [-0.05, 0) is 6.42 Å². The van der Waals surface area contributed by atoms with E-state index in [1.807, 2.05) is 6.92 Å². The molecule has 0 aromatic heterocycles. The average molecular weight is 234 g/mol. The summed E-state index contributed by atoms with van der Waals surface area (Å²) in [6, 6.07) is 0. The van der Waals surface area contributed by atoms with Gasteiger partial charge in [-0.25, -0.2) is 0 Å². The van der Waals surface area contributed by atoms with Crippen LogP contribution in [-0.4, -0.2) is 58.9 Å². The summed E-state index contributed by atoms with van der Waals surface area (Å²) < 4.78 is 9.90. The molecule has 1 fully saturated rings. The number of methoxy groups -OCH3 is 1. The number of carbonyl (C=O) groups is 1. The van der Waals surface area contributed by atoms with Gasteiger partial charge in [-0.2, -0.15) is 0 Å². The van der Waals surface area contributed by atoms with Crippen LogP contribution in [0.1, 0.15) is 19.8 Å². The third-order valence-electron chi connectivity index (χ3n) is 2.62. The molecule has 0 aromatic carbocycles. The minimum atomic E-state index is -1.44. The van der Waals surface area contributed by atoms with E-state index < -0.39 is 30.7 Å². The number of ether oxygens (including phenoxy) is 2. The molecule has 0 aromatic rings. The van der Waals surface area contributed by atoms with E-state index in [0.29, 0.717) is 6.42 Å². The molecule has 6 heteroatoms. The first-order valence-electron chi connectivity index (χ1n) is 5.28. The Hall–Kier alpha value is -0.530. The molecule has 16 heavy (non-hydrogen) atoms. The zero-order valence-electron chi connectivity index (χ0n) is 9.37.